The van der Waals surface area contributed by atoms with Crippen LogP contribution in [0.2, 0.25) is 5.02 Å². The molecule has 1 aliphatic heterocycles. The molecule has 2 aromatic carbocycles. The van der Waals surface area contributed by atoms with Crippen molar-refractivity contribution in [3.05, 3.63) is 59.1 Å². The van der Waals surface area contributed by atoms with Crippen molar-refractivity contribution in [2.45, 2.75) is 13.5 Å². The lowest BCUT2D eigenvalue weighted by Crippen LogP contribution is -2.48. The van der Waals surface area contributed by atoms with Gasteiger partial charge in [-0.15, -0.1) is 0 Å². The van der Waals surface area contributed by atoms with E-state index in [-0.39, 0.29) is 11.8 Å². The van der Waals surface area contributed by atoms with Crippen LogP contribution in [0, 0.1) is 0 Å². The van der Waals surface area contributed by atoms with Crippen LogP contribution in [0.3, 0.4) is 0 Å². The highest BCUT2D eigenvalue weighted by Crippen LogP contribution is 2.15. The van der Waals surface area contributed by atoms with Gasteiger partial charge in [0.2, 0.25) is 11.8 Å². The third-order valence-electron chi connectivity index (χ3n) is 4.64. The van der Waals surface area contributed by atoms with Gasteiger partial charge in [-0.25, -0.2) is 0 Å². The second kappa shape index (κ2) is 9.68. The maximum absolute atomic E-state index is 12.3. The smallest absolute Gasteiger partial charge is 0.238 e. The van der Waals surface area contributed by atoms with Crippen molar-refractivity contribution in [1.29, 1.82) is 0 Å². The molecule has 0 radical (unpaired) electrons. The molecule has 3 rings (SSSR count). The molecule has 0 saturated carbocycles. The highest BCUT2D eigenvalue weighted by molar-refractivity contribution is 6.30. The first-order chi connectivity index (χ1) is 13.5. The van der Waals surface area contributed by atoms with Gasteiger partial charge in [-0.1, -0.05) is 23.7 Å². The van der Waals surface area contributed by atoms with Gasteiger partial charge in [0.15, 0.2) is 0 Å². The number of carbonyl (C=O) groups is 2. The van der Waals surface area contributed by atoms with Crippen molar-refractivity contribution >= 4 is 34.8 Å². The average Bonchev–Trinajstić information content (AvgIpc) is 2.66. The van der Waals surface area contributed by atoms with Crippen LogP contribution in [0.5, 0.6) is 0 Å². The fraction of sp³-hybridized carbons (Fsp3) is 0.333. The molecule has 28 heavy (non-hydrogen) atoms. The van der Waals surface area contributed by atoms with Crippen molar-refractivity contribution in [1.82, 2.24) is 9.80 Å². The zero-order chi connectivity index (χ0) is 19.9. The summed E-state index contributed by atoms with van der Waals surface area (Å²) in [6.07, 6.45) is 0. The van der Waals surface area contributed by atoms with E-state index >= 15 is 0 Å². The minimum atomic E-state index is -0.119. The Morgan fingerprint density at radius 3 is 1.96 bits per heavy atom. The number of halogens is 1. The lowest BCUT2D eigenvalue weighted by Gasteiger charge is -2.34. The maximum atomic E-state index is 12.3. The predicted octanol–water partition coefficient (Wildman–Crippen LogP) is 3.05. The Balaban J connectivity index is 1.41. The zero-order valence-corrected chi connectivity index (χ0v) is 16.7. The van der Waals surface area contributed by atoms with Gasteiger partial charge in [0.05, 0.1) is 6.54 Å². The molecule has 148 valence electrons. The molecule has 0 atom stereocenters. The molecule has 1 heterocycles. The maximum Gasteiger partial charge on any atom is 0.238 e. The van der Waals surface area contributed by atoms with E-state index < -0.39 is 0 Å². The number of nitrogens with one attached hydrogen (secondary N) is 2. The minimum Gasteiger partial charge on any atom is -0.326 e. The molecule has 0 bridgehead atoms. The third kappa shape index (κ3) is 6.34. The van der Waals surface area contributed by atoms with Crippen molar-refractivity contribution in [3.8, 4) is 0 Å². The molecule has 0 unspecified atom stereocenters. The summed E-state index contributed by atoms with van der Waals surface area (Å²) >= 11 is 5.93. The molecule has 0 aromatic heterocycles. The van der Waals surface area contributed by atoms with E-state index in [4.69, 9.17) is 11.6 Å². The summed E-state index contributed by atoms with van der Waals surface area (Å²) in [6, 6.07) is 15.1. The van der Waals surface area contributed by atoms with Gasteiger partial charge in [-0.05, 0) is 42.0 Å². The molecule has 1 fully saturated rings. The van der Waals surface area contributed by atoms with E-state index in [9.17, 15) is 9.59 Å². The molecule has 7 heteroatoms. The lowest BCUT2D eigenvalue weighted by atomic mass is 10.2. The van der Waals surface area contributed by atoms with Crippen LogP contribution in [-0.2, 0) is 16.1 Å². The molecular weight excluding hydrogens is 376 g/mol. The Bertz CT molecular complexity index is 800. The third-order valence-corrected chi connectivity index (χ3v) is 4.89. The molecule has 2 N–H and O–H groups in total. The number of hydrogen-bond donors (Lipinski definition) is 2. The normalized spacial score (nSPS) is 15.2. The Hall–Kier alpha value is -2.41. The number of piperazine rings is 1. The second-order valence-electron chi connectivity index (χ2n) is 6.99. The van der Waals surface area contributed by atoms with Gasteiger partial charge in [-0.2, -0.15) is 0 Å². The standard InChI is InChI=1S/C21H25ClN4O2/c1-16(27)23-19-6-8-20(9-7-19)24-21(28)15-26-12-10-25(11-13-26)14-17-2-4-18(22)5-3-17/h2-9H,10-15H2,1H3,(H,23,27)(H,24,28). The van der Waals surface area contributed by atoms with Crippen LogP contribution in [0.4, 0.5) is 11.4 Å². The summed E-state index contributed by atoms with van der Waals surface area (Å²) in [7, 11) is 0. The average molecular weight is 401 g/mol. The second-order valence-corrected chi connectivity index (χ2v) is 7.42. The molecule has 0 aliphatic carbocycles. The Kier molecular flexibility index (Phi) is 7.03. The largest absolute Gasteiger partial charge is 0.326 e. The first kappa shape index (κ1) is 20.3. The molecular formula is C21H25ClN4O2. The molecule has 1 saturated heterocycles. The van der Waals surface area contributed by atoms with Crippen LogP contribution in [0.15, 0.2) is 48.5 Å². The summed E-state index contributed by atoms with van der Waals surface area (Å²) in [5, 5.41) is 6.36. The van der Waals surface area contributed by atoms with Crippen LogP contribution in [-0.4, -0.2) is 54.3 Å². The molecule has 2 aromatic rings. The van der Waals surface area contributed by atoms with Crippen molar-refractivity contribution < 1.29 is 9.59 Å². The Morgan fingerprint density at radius 2 is 1.39 bits per heavy atom. The van der Waals surface area contributed by atoms with E-state index in [0.29, 0.717) is 12.2 Å². The topological polar surface area (TPSA) is 64.7 Å². The number of benzene rings is 2. The molecule has 2 amide bonds. The van der Waals surface area contributed by atoms with Crippen molar-refractivity contribution in [3.63, 3.8) is 0 Å². The first-order valence-electron chi connectivity index (χ1n) is 9.34. The SMILES string of the molecule is CC(=O)Nc1ccc(NC(=O)CN2CCN(Cc3ccc(Cl)cc3)CC2)cc1. The summed E-state index contributed by atoms with van der Waals surface area (Å²) in [6.45, 7) is 6.33. The predicted molar refractivity (Wildman–Crippen MR) is 113 cm³/mol. The van der Waals surface area contributed by atoms with Gasteiger partial charge in [-0.3, -0.25) is 19.4 Å². The van der Waals surface area contributed by atoms with E-state index in [1.807, 2.05) is 12.1 Å². The van der Waals surface area contributed by atoms with E-state index in [1.54, 1.807) is 24.3 Å². The Morgan fingerprint density at radius 1 is 0.857 bits per heavy atom. The van der Waals surface area contributed by atoms with Gasteiger partial charge >= 0.3 is 0 Å². The first-order valence-corrected chi connectivity index (χ1v) is 9.72. The summed E-state index contributed by atoms with van der Waals surface area (Å²) in [5.74, 6) is -0.148. The fourth-order valence-corrected chi connectivity index (χ4v) is 3.32. The van der Waals surface area contributed by atoms with Gasteiger partial charge < -0.3 is 10.6 Å². The monoisotopic (exact) mass is 400 g/mol. The zero-order valence-electron chi connectivity index (χ0n) is 16.0. The van der Waals surface area contributed by atoms with E-state index in [2.05, 4.69) is 32.6 Å². The van der Waals surface area contributed by atoms with E-state index in [0.717, 1.165) is 43.4 Å². The number of carbonyl (C=O) groups excluding carboxylic acids is 2. The minimum absolute atomic E-state index is 0.0292. The molecule has 6 nitrogen and oxygen atoms in total. The lowest BCUT2D eigenvalue weighted by molar-refractivity contribution is -0.117. The van der Waals surface area contributed by atoms with Crippen LogP contribution < -0.4 is 10.6 Å². The molecule has 0 spiro atoms. The summed E-state index contributed by atoms with van der Waals surface area (Å²) in [5.41, 5.74) is 2.68. The number of hydrogen-bond acceptors (Lipinski definition) is 4. The van der Waals surface area contributed by atoms with Crippen molar-refractivity contribution in [2.75, 3.05) is 43.4 Å². The van der Waals surface area contributed by atoms with Crippen molar-refractivity contribution in [2.24, 2.45) is 0 Å². The summed E-state index contributed by atoms with van der Waals surface area (Å²) < 4.78 is 0. The Labute approximate surface area is 170 Å². The van der Waals surface area contributed by atoms with Gasteiger partial charge in [0, 0.05) is 56.0 Å². The van der Waals surface area contributed by atoms with Gasteiger partial charge in [0.1, 0.15) is 0 Å². The molecule has 1 aliphatic rings. The number of rotatable bonds is 6. The quantitative estimate of drug-likeness (QED) is 0.782. The fourth-order valence-electron chi connectivity index (χ4n) is 3.20. The highest BCUT2D eigenvalue weighted by atomic mass is 35.5. The number of anilines is 2. The highest BCUT2D eigenvalue weighted by Gasteiger charge is 2.19. The van der Waals surface area contributed by atoms with Crippen LogP contribution in [0.25, 0.3) is 0 Å². The van der Waals surface area contributed by atoms with Gasteiger partial charge in [0.25, 0.3) is 0 Å². The number of amides is 2. The number of nitrogens with zero attached hydrogens (tertiary/aromatic N) is 2. The van der Waals surface area contributed by atoms with Crippen LogP contribution >= 0.6 is 11.6 Å². The van der Waals surface area contributed by atoms with E-state index in [1.165, 1.54) is 12.5 Å². The van der Waals surface area contributed by atoms with Crippen LogP contribution in [0.1, 0.15) is 12.5 Å². The summed E-state index contributed by atoms with van der Waals surface area (Å²) in [4.78, 5) is 27.9.